The van der Waals surface area contributed by atoms with E-state index in [0.717, 1.165) is 5.56 Å². The van der Waals surface area contributed by atoms with Gasteiger partial charge in [0.25, 0.3) is 5.69 Å². The number of carbonyl (C=O) groups excluding carboxylic acids is 1. The van der Waals surface area contributed by atoms with Gasteiger partial charge in [0.05, 0.1) is 28.4 Å². The summed E-state index contributed by atoms with van der Waals surface area (Å²) in [5.41, 5.74) is 1.07. The van der Waals surface area contributed by atoms with Gasteiger partial charge in [-0.15, -0.1) is 0 Å². The minimum Gasteiger partial charge on any atom is -0.323 e. The largest absolute Gasteiger partial charge is 0.323 e. The predicted octanol–water partition coefficient (Wildman–Crippen LogP) is 2.05. The topological polar surface area (TPSA) is 93.3 Å². The van der Waals surface area contributed by atoms with E-state index in [-0.39, 0.29) is 28.8 Å². The van der Waals surface area contributed by atoms with E-state index >= 15 is 0 Å². The predicted molar refractivity (Wildman–Crippen MR) is 86.3 cm³/mol. The van der Waals surface area contributed by atoms with Crippen molar-refractivity contribution < 1.29 is 9.72 Å². The molecule has 0 atom stereocenters. The average molecular weight is 338 g/mol. The zero-order valence-corrected chi connectivity index (χ0v) is 13.4. The Balaban J connectivity index is 1.96. The molecule has 0 aliphatic rings. The van der Waals surface area contributed by atoms with Crippen molar-refractivity contribution >= 4 is 28.9 Å². The fourth-order valence-corrected chi connectivity index (χ4v) is 2.24. The Morgan fingerprint density at radius 1 is 1.52 bits per heavy atom. The highest BCUT2D eigenvalue weighted by molar-refractivity contribution is 6.33. The van der Waals surface area contributed by atoms with Gasteiger partial charge < -0.3 is 5.32 Å². The molecule has 2 rings (SSSR count). The van der Waals surface area contributed by atoms with Crippen LogP contribution in [0.1, 0.15) is 5.56 Å². The van der Waals surface area contributed by atoms with Gasteiger partial charge in [0.2, 0.25) is 5.91 Å². The van der Waals surface area contributed by atoms with Gasteiger partial charge in [0, 0.05) is 37.5 Å². The molecule has 0 aliphatic heterocycles. The molecule has 23 heavy (non-hydrogen) atoms. The van der Waals surface area contributed by atoms with Crippen LogP contribution in [0.4, 0.5) is 11.4 Å². The van der Waals surface area contributed by atoms with Crippen LogP contribution in [0.3, 0.4) is 0 Å². The first-order valence-electron chi connectivity index (χ1n) is 6.75. The molecule has 1 aromatic heterocycles. The van der Waals surface area contributed by atoms with Crippen LogP contribution in [0.15, 0.2) is 30.6 Å². The van der Waals surface area contributed by atoms with Crippen LogP contribution in [0, 0.1) is 10.1 Å². The van der Waals surface area contributed by atoms with E-state index < -0.39 is 4.92 Å². The van der Waals surface area contributed by atoms with Crippen LogP contribution in [-0.2, 0) is 18.4 Å². The second-order valence-electron chi connectivity index (χ2n) is 5.16. The third kappa shape index (κ3) is 4.76. The minimum absolute atomic E-state index is 0.119. The molecule has 0 aliphatic carbocycles. The van der Waals surface area contributed by atoms with Crippen molar-refractivity contribution in [2.24, 2.45) is 7.05 Å². The van der Waals surface area contributed by atoms with E-state index in [4.69, 9.17) is 11.6 Å². The van der Waals surface area contributed by atoms with Crippen LogP contribution in [-0.4, -0.2) is 39.1 Å². The minimum atomic E-state index is -0.541. The zero-order chi connectivity index (χ0) is 17.0. The molecular weight excluding hydrogens is 322 g/mol. The number of aryl methyl sites for hydroxylation is 1. The summed E-state index contributed by atoms with van der Waals surface area (Å²) in [7, 11) is 3.61. The monoisotopic (exact) mass is 337 g/mol. The number of carbonyl (C=O) groups is 1. The highest BCUT2D eigenvalue weighted by Gasteiger charge is 2.13. The number of halogens is 1. The third-order valence-corrected chi connectivity index (χ3v) is 3.39. The molecule has 1 N–H and O–H groups in total. The molecule has 0 fully saturated rings. The number of amides is 1. The number of aromatic nitrogens is 2. The molecule has 0 saturated carbocycles. The number of nitro benzene ring substituents is 1. The van der Waals surface area contributed by atoms with Crippen molar-refractivity contribution in [2.75, 3.05) is 18.9 Å². The summed E-state index contributed by atoms with van der Waals surface area (Å²) in [6.07, 6.45) is 3.59. The third-order valence-electron chi connectivity index (χ3n) is 3.06. The summed E-state index contributed by atoms with van der Waals surface area (Å²) in [5, 5.41) is 17.7. The van der Waals surface area contributed by atoms with Gasteiger partial charge in [-0.2, -0.15) is 5.10 Å². The van der Waals surface area contributed by atoms with E-state index in [1.807, 2.05) is 13.2 Å². The Labute approximate surface area is 137 Å². The number of likely N-dealkylation sites (N-methyl/N-ethyl adjacent to an activating group) is 1. The Morgan fingerprint density at radius 2 is 2.26 bits per heavy atom. The molecule has 0 spiro atoms. The number of benzene rings is 1. The van der Waals surface area contributed by atoms with E-state index in [1.165, 1.54) is 18.2 Å². The molecule has 0 saturated heterocycles. The van der Waals surface area contributed by atoms with E-state index in [0.29, 0.717) is 6.54 Å². The summed E-state index contributed by atoms with van der Waals surface area (Å²) >= 11 is 5.95. The Kier molecular flexibility index (Phi) is 5.30. The SMILES string of the molecule is CN(CC(=O)Nc1cc([N+](=O)[O-])ccc1Cl)Cc1cnn(C)c1. The summed E-state index contributed by atoms with van der Waals surface area (Å²) in [6.45, 7) is 0.678. The lowest BCUT2D eigenvalue weighted by molar-refractivity contribution is -0.384. The number of anilines is 1. The molecule has 1 aromatic carbocycles. The smallest absolute Gasteiger partial charge is 0.271 e. The molecular formula is C14H16ClN5O3. The normalized spacial score (nSPS) is 10.8. The maximum absolute atomic E-state index is 12.0. The number of nitro groups is 1. The summed E-state index contributed by atoms with van der Waals surface area (Å²) < 4.78 is 1.69. The number of rotatable bonds is 6. The highest BCUT2D eigenvalue weighted by Crippen LogP contribution is 2.26. The van der Waals surface area contributed by atoms with Crippen molar-refractivity contribution in [2.45, 2.75) is 6.54 Å². The lowest BCUT2D eigenvalue weighted by Crippen LogP contribution is -2.29. The Hall–Kier alpha value is -2.45. The van der Waals surface area contributed by atoms with Gasteiger partial charge in [-0.1, -0.05) is 11.6 Å². The van der Waals surface area contributed by atoms with Crippen molar-refractivity contribution in [3.05, 3.63) is 51.3 Å². The first kappa shape index (κ1) is 16.9. The van der Waals surface area contributed by atoms with Crippen LogP contribution < -0.4 is 5.32 Å². The molecule has 8 nitrogen and oxygen atoms in total. The van der Waals surface area contributed by atoms with Gasteiger partial charge in [-0.25, -0.2) is 0 Å². The lowest BCUT2D eigenvalue weighted by atomic mass is 10.2. The molecule has 0 radical (unpaired) electrons. The first-order valence-corrected chi connectivity index (χ1v) is 7.13. The van der Waals surface area contributed by atoms with Crippen LogP contribution in [0.2, 0.25) is 5.02 Å². The molecule has 122 valence electrons. The number of non-ortho nitro benzene ring substituents is 1. The number of hydrogen-bond donors (Lipinski definition) is 1. The van der Waals surface area contributed by atoms with Gasteiger partial charge >= 0.3 is 0 Å². The van der Waals surface area contributed by atoms with Gasteiger partial charge in [0.15, 0.2) is 0 Å². The summed E-state index contributed by atoms with van der Waals surface area (Å²) in [6, 6.07) is 3.91. The van der Waals surface area contributed by atoms with Gasteiger partial charge in [-0.05, 0) is 13.1 Å². The fourth-order valence-electron chi connectivity index (χ4n) is 2.08. The van der Waals surface area contributed by atoms with Crippen LogP contribution in [0.25, 0.3) is 0 Å². The molecule has 0 unspecified atom stereocenters. The number of hydrogen-bond acceptors (Lipinski definition) is 5. The standard InChI is InChI=1S/C14H16ClN5O3/c1-18(7-10-6-16-19(2)8-10)9-14(21)17-13-5-11(20(22)23)3-4-12(13)15/h3-6,8H,7,9H2,1-2H3,(H,17,21). The van der Waals surface area contributed by atoms with E-state index in [9.17, 15) is 14.9 Å². The zero-order valence-electron chi connectivity index (χ0n) is 12.7. The second-order valence-corrected chi connectivity index (χ2v) is 5.57. The van der Waals surface area contributed by atoms with Crippen molar-refractivity contribution in [1.29, 1.82) is 0 Å². The van der Waals surface area contributed by atoms with E-state index in [1.54, 1.807) is 22.8 Å². The maximum atomic E-state index is 12.0. The summed E-state index contributed by atoms with van der Waals surface area (Å²) in [5.74, 6) is -0.307. The van der Waals surface area contributed by atoms with Crippen molar-refractivity contribution in [1.82, 2.24) is 14.7 Å². The van der Waals surface area contributed by atoms with Crippen molar-refractivity contribution in [3.63, 3.8) is 0 Å². The number of nitrogens with zero attached hydrogens (tertiary/aromatic N) is 4. The van der Waals surface area contributed by atoms with Crippen LogP contribution >= 0.6 is 11.6 Å². The Bertz CT molecular complexity index is 731. The fraction of sp³-hybridized carbons (Fsp3) is 0.286. The summed E-state index contributed by atoms with van der Waals surface area (Å²) in [4.78, 5) is 24.1. The van der Waals surface area contributed by atoms with E-state index in [2.05, 4.69) is 10.4 Å². The van der Waals surface area contributed by atoms with Gasteiger partial charge in [0.1, 0.15) is 0 Å². The van der Waals surface area contributed by atoms with Crippen LogP contribution in [0.5, 0.6) is 0 Å². The molecule has 1 heterocycles. The molecule has 9 heteroatoms. The molecule has 1 amide bonds. The highest BCUT2D eigenvalue weighted by atomic mass is 35.5. The van der Waals surface area contributed by atoms with Gasteiger partial charge in [-0.3, -0.25) is 24.5 Å². The second kappa shape index (κ2) is 7.21. The quantitative estimate of drug-likeness (QED) is 0.643. The maximum Gasteiger partial charge on any atom is 0.271 e. The van der Waals surface area contributed by atoms with Crippen molar-refractivity contribution in [3.8, 4) is 0 Å². The lowest BCUT2D eigenvalue weighted by Gasteiger charge is -2.15. The average Bonchev–Trinajstić information content (AvgIpc) is 2.85. The molecule has 0 bridgehead atoms. The first-order chi connectivity index (χ1) is 10.8. The Morgan fingerprint density at radius 3 is 2.87 bits per heavy atom. The molecule has 2 aromatic rings. The number of nitrogens with one attached hydrogen (secondary N) is 1.